The van der Waals surface area contributed by atoms with Crippen molar-refractivity contribution >= 4 is 16.1 Å². The van der Waals surface area contributed by atoms with E-state index in [9.17, 15) is 13.2 Å². The second-order valence-corrected chi connectivity index (χ2v) is 5.46. The fourth-order valence-electron chi connectivity index (χ4n) is 1.38. The van der Waals surface area contributed by atoms with Gasteiger partial charge in [0.15, 0.2) is 0 Å². The van der Waals surface area contributed by atoms with Crippen LogP contribution in [0.3, 0.4) is 0 Å². The largest absolute Gasteiger partial charge is 0.481 e. The number of hydrogen-bond donors (Lipinski definition) is 1. The van der Waals surface area contributed by atoms with E-state index in [-0.39, 0.29) is 5.75 Å². The van der Waals surface area contributed by atoms with Gasteiger partial charge >= 0.3 is 16.1 Å². The predicted molar refractivity (Wildman–Crippen MR) is 62.7 cm³/mol. The summed E-state index contributed by atoms with van der Waals surface area (Å²) in [4.78, 5) is 10.9. The van der Waals surface area contributed by atoms with E-state index in [2.05, 4.69) is 0 Å². The van der Waals surface area contributed by atoms with Crippen LogP contribution in [0.1, 0.15) is 24.0 Å². The van der Waals surface area contributed by atoms with Gasteiger partial charge in [0.1, 0.15) is 5.75 Å². The standard InChI is InChI=1S/C11H14O5S/c1-7-4-5-10(16-17(3,14)15)9(6-7)8(2)11(12)13/h4-6,8H,1-3H3,(H,12,13). The first-order valence-corrected chi connectivity index (χ1v) is 6.75. The van der Waals surface area contributed by atoms with Crippen LogP contribution in [0.15, 0.2) is 18.2 Å². The quantitative estimate of drug-likeness (QED) is 0.828. The molecule has 0 aromatic heterocycles. The van der Waals surface area contributed by atoms with E-state index in [1.54, 1.807) is 19.1 Å². The maximum atomic E-state index is 11.1. The minimum Gasteiger partial charge on any atom is -0.481 e. The minimum atomic E-state index is -3.66. The van der Waals surface area contributed by atoms with E-state index in [0.29, 0.717) is 5.56 Å². The first-order valence-electron chi connectivity index (χ1n) is 4.93. The molecular formula is C11H14O5S. The van der Waals surface area contributed by atoms with Crippen molar-refractivity contribution in [3.8, 4) is 5.75 Å². The first kappa shape index (κ1) is 13.5. The minimum absolute atomic E-state index is 0.0630. The number of hydrogen-bond acceptors (Lipinski definition) is 4. The molecule has 0 saturated carbocycles. The van der Waals surface area contributed by atoms with Gasteiger partial charge < -0.3 is 9.29 Å². The predicted octanol–water partition coefficient (Wildman–Crippen LogP) is 1.52. The summed E-state index contributed by atoms with van der Waals surface area (Å²) in [5.74, 6) is -1.80. The van der Waals surface area contributed by atoms with Gasteiger partial charge in [-0.25, -0.2) is 0 Å². The summed E-state index contributed by atoms with van der Waals surface area (Å²) in [6.45, 7) is 3.27. The topological polar surface area (TPSA) is 80.7 Å². The average molecular weight is 258 g/mol. The zero-order valence-electron chi connectivity index (χ0n) is 9.80. The molecule has 0 spiro atoms. The zero-order valence-corrected chi connectivity index (χ0v) is 10.6. The second-order valence-electron chi connectivity index (χ2n) is 3.89. The van der Waals surface area contributed by atoms with Crippen molar-refractivity contribution in [1.29, 1.82) is 0 Å². The lowest BCUT2D eigenvalue weighted by molar-refractivity contribution is -0.138. The maximum Gasteiger partial charge on any atom is 0.310 e. The van der Waals surface area contributed by atoms with Crippen molar-refractivity contribution in [1.82, 2.24) is 0 Å². The van der Waals surface area contributed by atoms with Crippen molar-refractivity contribution in [3.63, 3.8) is 0 Å². The highest BCUT2D eigenvalue weighted by Gasteiger charge is 2.20. The molecule has 5 nitrogen and oxygen atoms in total. The number of carboxylic acid groups (broad SMARTS) is 1. The molecule has 1 N–H and O–H groups in total. The van der Waals surface area contributed by atoms with Gasteiger partial charge in [0, 0.05) is 5.56 Å². The van der Waals surface area contributed by atoms with Crippen molar-refractivity contribution in [2.75, 3.05) is 6.26 Å². The van der Waals surface area contributed by atoms with Crippen LogP contribution in [-0.2, 0) is 14.9 Å². The van der Waals surface area contributed by atoms with E-state index in [1.165, 1.54) is 13.0 Å². The third-order valence-corrected chi connectivity index (χ3v) is 2.73. The highest BCUT2D eigenvalue weighted by atomic mass is 32.2. The lowest BCUT2D eigenvalue weighted by atomic mass is 9.98. The molecule has 1 aromatic rings. The zero-order chi connectivity index (χ0) is 13.2. The third-order valence-electron chi connectivity index (χ3n) is 2.24. The summed E-state index contributed by atoms with van der Waals surface area (Å²) in [6, 6.07) is 4.74. The molecule has 0 aliphatic heterocycles. The summed E-state index contributed by atoms with van der Waals surface area (Å²) >= 11 is 0. The summed E-state index contributed by atoms with van der Waals surface area (Å²) in [7, 11) is -3.66. The van der Waals surface area contributed by atoms with Crippen LogP contribution >= 0.6 is 0 Å². The molecule has 0 radical (unpaired) electrons. The van der Waals surface area contributed by atoms with E-state index < -0.39 is 22.0 Å². The van der Waals surface area contributed by atoms with Crippen LogP contribution in [-0.4, -0.2) is 25.7 Å². The Balaban J connectivity index is 3.26. The Morgan fingerprint density at radius 2 is 2.00 bits per heavy atom. The van der Waals surface area contributed by atoms with E-state index in [4.69, 9.17) is 9.29 Å². The van der Waals surface area contributed by atoms with Gasteiger partial charge in [0.05, 0.1) is 12.2 Å². The monoisotopic (exact) mass is 258 g/mol. The van der Waals surface area contributed by atoms with Gasteiger partial charge in [-0.3, -0.25) is 4.79 Å². The van der Waals surface area contributed by atoms with Crippen molar-refractivity contribution < 1.29 is 22.5 Å². The molecule has 1 rings (SSSR count). The van der Waals surface area contributed by atoms with Gasteiger partial charge in [0.25, 0.3) is 0 Å². The Bertz CT molecular complexity index is 533. The molecule has 1 atom stereocenters. The molecule has 1 unspecified atom stereocenters. The number of aliphatic carboxylic acids is 1. The Labute approximate surface area is 100 Å². The lowest BCUT2D eigenvalue weighted by Crippen LogP contribution is -2.12. The molecule has 0 amide bonds. The molecule has 0 bridgehead atoms. The van der Waals surface area contributed by atoms with Crippen LogP contribution in [0.5, 0.6) is 5.75 Å². The lowest BCUT2D eigenvalue weighted by Gasteiger charge is -2.13. The van der Waals surface area contributed by atoms with E-state index >= 15 is 0 Å². The van der Waals surface area contributed by atoms with Crippen LogP contribution < -0.4 is 4.18 Å². The molecule has 0 heterocycles. The molecule has 1 aromatic carbocycles. The molecule has 0 aliphatic rings. The fraction of sp³-hybridized carbons (Fsp3) is 0.364. The van der Waals surface area contributed by atoms with Gasteiger partial charge in [-0.05, 0) is 19.9 Å². The van der Waals surface area contributed by atoms with Crippen LogP contribution in [0.4, 0.5) is 0 Å². The van der Waals surface area contributed by atoms with Crippen molar-refractivity contribution in [2.24, 2.45) is 0 Å². The van der Waals surface area contributed by atoms with E-state index in [1.807, 2.05) is 0 Å². The van der Waals surface area contributed by atoms with Gasteiger partial charge in [-0.2, -0.15) is 8.42 Å². The smallest absolute Gasteiger partial charge is 0.310 e. The number of benzene rings is 1. The molecule has 6 heteroatoms. The van der Waals surface area contributed by atoms with Crippen LogP contribution in [0.2, 0.25) is 0 Å². The molecular weight excluding hydrogens is 244 g/mol. The molecule has 0 saturated heterocycles. The van der Waals surface area contributed by atoms with Crippen molar-refractivity contribution in [3.05, 3.63) is 29.3 Å². The first-order chi connectivity index (χ1) is 7.70. The number of rotatable bonds is 4. The van der Waals surface area contributed by atoms with Gasteiger partial charge in [0.2, 0.25) is 0 Å². The average Bonchev–Trinajstić information content (AvgIpc) is 2.17. The maximum absolute atomic E-state index is 11.1. The van der Waals surface area contributed by atoms with Gasteiger partial charge in [-0.15, -0.1) is 0 Å². The highest BCUT2D eigenvalue weighted by molar-refractivity contribution is 7.86. The highest BCUT2D eigenvalue weighted by Crippen LogP contribution is 2.28. The summed E-state index contributed by atoms with van der Waals surface area (Å²) < 4.78 is 26.9. The van der Waals surface area contributed by atoms with E-state index in [0.717, 1.165) is 11.8 Å². The Morgan fingerprint density at radius 1 is 1.41 bits per heavy atom. The van der Waals surface area contributed by atoms with Crippen LogP contribution in [0.25, 0.3) is 0 Å². The number of carboxylic acids is 1. The third kappa shape index (κ3) is 3.74. The summed E-state index contributed by atoms with van der Waals surface area (Å²) in [5, 5.41) is 8.94. The molecule has 0 aliphatic carbocycles. The SMILES string of the molecule is Cc1ccc(OS(C)(=O)=O)c(C(C)C(=O)O)c1. The Morgan fingerprint density at radius 3 is 2.47 bits per heavy atom. The second kappa shape index (κ2) is 4.75. The molecule has 17 heavy (non-hydrogen) atoms. The Hall–Kier alpha value is -1.56. The van der Waals surface area contributed by atoms with Crippen molar-refractivity contribution in [2.45, 2.75) is 19.8 Å². The molecule has 0 fully saturated rings. The summed E-state index contributed by atoms with van der Waals surface area (Å²) in [6.07, 6.45) is 0.919. The fourth-order valence-corrected chi connectivity index (χ4v) is 1.86. The normalized spacial score (nSPS) is 13.1. The Kier molecular flexibility index (Phi) is 3.77. The van der Waals surface area contributed by atoms with Gasteiger partial charge in [-0.1, -0.05) is 17.7 Å². The van der Waals surface area contributed by atoms with Crippen LogP contribution in [0, 0.1) is 6.92 Å². The summed E-state index contributed by atoms with van der Waals surface area (Å²) in [5.41, 5.74) is 1.19. The number of aryl methyl sites for hydroxylation is 1. The number of carbonyl (C=O) groups is 1. The molecule has 94 valence electrons.